The highest BCUT2D eigenvalue weighted by Crippen LogP contribution is 2.34. The van der Waals surface area contributed by atoms with Crippen molar-refractivity contribution >= 4 is 11.9 Å². The van der Waals surface area contributed by atoms with Crippen LogP contribution in [0.1, 0.15) is 29.9 Å². The summed E-state index contributed by atoms with van der Waals surface area (Å²) in [5.41, 5.74) is 1.94. The number of carbonyl (C=O) groups excluding carboxylic acids is 1. The normalized spacial score (nSPS) is 21.5. The van der Waals surface area contributed by atoms with Gasteiger partial charge < -0.3 is 10.0 Å². The van der Waals surface area contributed by atoms with Crippen LogP contribution in [0.15, 0.2) is 60.7 Å². The molecule has 4 heteroatoms. The smallest absolute Gasteiger partial charge is 0.308 e. The molecule has 1 N–H and O–H groups in total. The second-order valence-corrected chi connectivity index (χ2v) is 6.34. The van der Waals surface area contributed by atoms with Gasteiger partial charge in [0.2, 0.25) is 5.91 Å². The van der Waals surface area contributed by atoms with Crippen LogP contribution < -0.4 is 0 Å². The van der Waals surface area contributed by atoms with Gasteiger partial charge in [0.05, 0.1) is 11.8 Å². The van der Waals surface area contributed by atoms with Crippen LogP contribution in [0.25, 0.3) is 0 Å². The Kier molecular flexibility index (Phi) is 4.65. The van der Waals surface area contributed by atoms with Gasteiger partial charge in [-0.05, 0) is 18.1 Å². The van der Waals surface area contributed by atoms with Crippen LogP contribution >= 0.6 is 0 Å². The van der Waals surface area contributed by atoms with Crippen molar-refractivity contribution in [2.24, 2.45) is 5.92 Å². The van der Waals surface area contributed by atoms with Gasteiger partial charge in [-0.25, -0.2) is 0 Å². The number of benzene rings is 2. The van der Waals surface area contributed by atoms with E-state index >= 15 is 0 Å². The molecule has 0 aliphatic carbocycles. The monoisotopic (exact) mass is 323 g/mol. The van der Waals surface area contributed by atoms with Crippen molar-refractivity contribution in [3.63, 3.8) is 0 Å². The second-order valence-electron chi connectivity index (χ2n) is 6.34. The molecule has 1 aliphatic rings. The van der Waals surface area contributed by atoms with Gasteiger partial charge in [-0.3, -0.25) is 9.59 Å². The number of rotatable bonds is 4. The number of aliphatic carboxylic acids is 1. The molecule has 0 saturated carbocycles. The maximum atomic E-state index is 12.8. The molecule has 124 valence electrons. The lowest BCUT2D eigenvalue weighted by atomic mass is 9.89. The van der Waals surface area contributed by atoms with Crippen molar-refractivity contribution in [2.75, 3.05) is 13.1 Å². The van der Waals surface area contributed by atoms with Crippen molar-refractivity contribution in [3.8, 4) is 0 Å². The molecule has 1 aliphatic heterocycles. The quantitative estimate of drug-likeness (QED) is 0.940. The van der Waals surface area contributed by atoms with E-state index in [-0.39, 0.29) is 24.3 Å². The number of carboxylic acid groups (broad SMARTS) is 1. The summed E-state index contributed by atoms with van der Waals surface area (Å²) in [6.07, 6.45) is 0. The fraction of sp³-hybridized carbons (Fsp3) is 0.300. The number of nitrogens with zero attached hydrogens (tertiary/aromatic N) is 1. The first-order valence-corrected chi connectivity index (χ1v) is 8.19. The average Bonchev–Trinajstić information content (AvgIpc) is 3.07. The van der Waals surface area contributed by atoms with Crippen LogP contribution in [0.3, 0.4) is 0 Å². The summed E-state index contributed by atoms with van der Waals surface area (Å²) in [7, 11) is 0. The average molecular weight is 323 g/mol. The summed E-state index contributed by atoms with van der Waals surface area (Å²) in [4.78, 5) is 26.2. The Morgan fingerprint density at radius 1 is 1.00 bits per heavy atom. The Balaban J connectivity index is 1.80. The van der Waals surface area contributed by atoms with Gasteiger partial charge in [0, 0.05) is 19.0 Å². The minimum Gasteiger partial charge on any atom is -0.481 e. The molecule has 1 fully saturated rings. The molecule has 1 saturated heterocycles. The van der Waals surface area contributed by atoms with E-state index in [0.717, 1.165) is 11.1 Å². The predicted molar refractivity (Wildman–Crippen MR) is 91.7 cm³/mol. The van der Waals surface area contributed by atoms with Crippen LogP contribution in [-0.2, 0) is 9.59 Å². The highest BCUT2D eigenvalue weighted by molar-refractivity contribution is 5.85. The summed E-state index contributed by atoms with van der Waals surface area (Å²) in [5, 5.41) is 9.56. The molecule has 2 aromatic rings. The fourth-order valence-electron chi connectivity index (χ4n) is 3.43. The summed E-state index contributed by atoms with van der Waals surface area (Å²) >= 11 is 0. The van der Waals surface area contributed by atoms with E-state index in [0.29, 0.717) is 6.54 Å². The molecule has 0 bridgehead atoms. The van der Waals surface area contributed by atoms with E-state index in [4.69, 9.17) is 0 Å². The van der Waals surface area contributed by atoms with E-state index in [9.17, 15) is 14.7 Å². The lowest BCUT2D eigenvalue weighted by molar-refractivity contribution is -0.141. The standard InChI is InChI=1S/C20H21NO3/c1-14(15-8-4-2-5-9-15)19(22)21-12-17(18(13-21)20(23)24)16-10-6-3-7-11-16/h2-11,14,17-18H,12-13H2,1H3,(H,23,24)/t14-,17-,18-/m0/s1. The van der Waals surface area contributed by atoms with E-state index in [1.165, 1.54) is 0 Å². The molecule has 4 nitrogen and oxygen atoms in total. The minimum absolute atomic E-state index is 0.00844. The van der Waals surface area contributed by atoms with Crippen LogP contribution in [0.4, 0.5) is 0 Å². The third kappa shape index (κ3) is 3.18. The maximum absolute atomic E-state index is 12.8. The maximum Gasteiger partial charge on any atom is 0.308 e. The molecule has 24 heavy (non-hydrogen) atoms. The molecule has 0 radical (unpaired) electrons. The van der Waals surface area contributed by atoms with Crippen molar-refractivity contribution < 1.29 is 14.7 Å². The number of hydrogen-bond acceptors (Lipinski definition) is 2. The highest BCUT2D eigenvalue weighted by atomic mass is 16.4. The zero-order valence-corrected chi connectivity index (χ0v) is 13.6. The molecule has 3 rings (SSSR count). The molecule has 0 spiro atoms. The van der Waals surface area contributed by atoms with Crippen molar-refractivity contribution in [2.45, 2.75) is 18.8 Å². The molecule has 1 amide bonds. The van der Waals surface area contributed by atoms with Gasteiger partial charge >= 0.3 is 5.97 Å². The van der Waals surface area contributed by atoms with E-state index in [1.54, 1.807) is 4.90 Å². The summed E-state index contributed by atoms with van der Waals surface area (Å²) < 4.78 is 0. The lowest BCUT2D eigenvalue weighted by Gasteiger charge is -2.21. The van der Waals surface area contributed by atoms with Gasteiger partial charge in [-0.2, -0.15) is 0 Å². The van der Waals surface area contributed by atoms with Crippen LogP contribution in [-0.4, -0.2) is 35.0 Å². The van der Waals surface area contributed by atoms with Gasteiger partial charge in [-0.15, -0.1) is 0 Å². The molecule has 0 aromatic heterocycles. The third-order valence-corrected chi connectivity index (χ3v) is 4.85. The van der Waals surface area contributed by atoms with Crippen LogP contribution in [0.5, 0.6) is 0 Å². The first-order chi connectivity index (χ1) is 11.6. The Labute approximate surface area is 141 Å². The topological polar surface area (TPSA) is 57.6 Å². The summed E-state index contributed by atoms with van der Waals surface area (Å²) in [6.45, 7) is 2.60. The first-order valence-electron chi connectivity index (χ1n) is 8.19. The fourth-order valence-corrected chi connectivity index (χ4v) is 3.43. The van der Waals surface area contributed by atoms with E-state index < -0.39 is 11.9 Å². The van der Waals surface area contributed by atoms with Gasteiger partial charge in [0.1, 0.15) is 0 Å². The summed E-state index contributed by atoms with van der Waals surface area (Å²) in [6, 6.07) is 19.2. The number of amides is 1. The number of hydrogen-bond donors (Lipinski definition) is 1. The predicted octanol–water partition coefficient (Wildman–Crippen LogP) is 3.12. The molecular formula is C20H21NO3. The second kappa shape index (κ2) is 6.87. The molecule has 0 unspecified atom stereocenters. The van der Waals surface area contributed by atoms with Crippen molar-refractivity contribution in [1.29, 1.82) is 0 Å². The first kappa shape index (κ1) is 16.2. The zero-order valence-electron chi connectivity index (χ0n) is 13.6. The third-order valence-electron chi connectivity index (χ3n) is 4.85. The van der Waals surface area contributed by atoms with Gasteiger partial charge in [-0.1, -0.05) is 60.7 Å². The highest BCUT2D eigenvalue weighted by Gasteiger charge is 2.41. The number of carboxylic acids is 1. The minimum atomic E-state index is -0.841. The SMILES string of the molecule is C[C@H](C(=O)N1C[C@H](C(=O)O)[C@H](c2ccccc2)C1)c1ccccc1. The van der Waals surface area contributed by atoms with Gasteiger partial charge in [0.15, 0.2) is 0 Å². The zero-order chi connectivity index (χ0) is 17.1. The van der Waals surface area contributed by atoms with Gasteiger partial charge in [0.25, 0.3) is 0 Å². The van der Waals surface area contributed by atoms with Crippen LogP contribution in [0.2, 0.25) is 0 Å². The van der Waals surface area contributed by atoms with Crippen LogP contribution in [0, 0.1) is 5.92 Å². The molecule has 1 heterocycles. The Bertz CT molecular complexity index is 714. The molecule has 2 aromatic carbocycles. The number of carbonyl (C=O) groups is 2. The Hall–Kier alpha value is -2.62. The Morgan fingerprint density at radius 2 is 1.58 bits per heavy atom. The number of likely N-dealkylation sites (tertiary alicyclic amines) is 1. The molecular weight excluding hydrogens is 302 g/mol. The largest absolute Gasteiger partial charge is 0.481 e. The van der Waals surface area contributed by atoms with E-state index in [2.05, 4.69) is 0 Å². The lowest BCUT2D eigenvalue weighted by Crippen LogP contribution is -2.33. The Morgan fingerprint density at radius 3 is 2.17 bits per heavy atom. The summed E-state index contributed by atoms with van der Waals surface area (Å²) in [5.74, 6) is -1.83. The van der Waals surface area contributed by atoms with Crippen molar-refractivity contribution in [1.82, 2.24) is 4.90 Å². The van der Waals surface area contributed by atoms with E-state index in [1.807, 2.05) is 67.6 Å². The van der Waals surface area contributed by atoms with Crippen molar-refractivity contribution in [3.05, 3.63) is 71.8 Å². The molecule has 3 atom stereocenters.